The van der Waals surface area contributed by atoms with Gasteiger partial charge in [0.05, 0.1) is 5.69 Å². The van der Waals surface area contributed by atoms with Crippen LogP contribution in [0.15, 0.2) is 47.5 Å². The summed E-state index contributed by atoms with van der Waals surface area (Å²) in [6.45, 7) is 0. The summed E-state index contributed by atoms with van der Waals surface area (Å²) in [6, 6.07) is 8.14. The predicted molar refractivity (Wildman–Crippen MR) is 104 cm³/mol. The number of hydrogen-bond acceptors (Lipinski definition) is 4. The van der Waals surface area contributed by atoms with Crippen LogP contribution in [0.5, 0.6) is 0 Å². The Morgan fingerprint density at radius 2 is 1.81 bits per heavy atom. The summed E-state index contributed by atoms with van der Waals surface area (Å²) >= 11 is 12.0. The van der Waals surface area contributed by atoms with E-state index in [1.165, 1.54) is 16.8 Å². The molecule has 0 bridgehead atoms. The second kappa shape index (κ2) is 7.46. The Morgan fingerprint density at radius 1 is 1.15 bits per heavy atom. The van der Waals surface area contributed by atoms with Gasteiger partial charge in [0.25, 0.3) is 5.56 Å². The lowest BCUT2D eigenvalue weighted by molar-refractivity contribution is 0.0691. The Hall–Kier alpha value is -2.77. The lowest BCUT2D eigenvalue weighted by Crippen LogP contribution is -2.20. The quantitative estimate of drug-likeness (QED) is 0.678. The van der Waals surface area contributed by atoms with Gasteiger partial charge in [-0.1, -0.05) is 35.3 Å². The Bertz CT molecular complexity index is 1030. The van der Waals surface area contributed by atoms with Crippen molar-refractivity contribution in [2.45, 2.75) is 6.04 Å². The van der Waals surface area contributed by atoms with E-state index in [9.17, 15) is 14.7 Å². The molecule has 0 aliphatic rings. The molecule has 0 radical (unpaired) electrons. The van der Waals surface area contributed by atoms with E-state index < -0.39 is 12.0 Å². The highest BCUT2D eigenvalue weighted by molar-refractivity contribution is 6.30. The molecule has 9 heteroatoms. The fourth-order valence-corrected chi connectivity index (χ4v) is 3.10. The molecule has 0 aliphatic carbocycles. The normalized spacial score (nSPS) is 12.0. The first-order chi connectivity index (χ1) is 12.8. The molecule has 0 aliphatic heterocycles. The lowest BCUT2D eigenvalue weighted by Gasteiger charge is -2.21. The first-order valence-electron chi connectivity index (χ1n) is 7.91. The lowest BCUT2D eigenvalue weighted by atomic mass is 10.1. The van der Waals surface area contributed by atoms with Crippen LogP contribution in [0, 0.1) is 0 Å². The van der Waals surface area contributed by atoms with Crippen molar-refractivity contribution < 1.29 is 9.90 Å². The molecule has 2 aromatic heterocycles. The Balaban J connectivity index is 2.09. The smallest absolute Gasteiger partial charge is 0.356 e. The molecule has 1 unspecified atom stereocenters. The van der Waals surface area contributed by atoms with Crippen molar-refractivity contribution in [1.82, 2.24) is 14.1 Å². The van der Waals surface area contributed by atoms with Gasteiger partial charge in [0.1, 0.15) is 16.9 Å². The minimum absolute atomic E-state index is 0.0632. The van der Waals surface area contributed by atoms with Gasteiger partial charge in [-0.2, -0.15) is 0 Å². The zero-order valence-electron chi connectivity index (χ0n) is 14.5. The van der Waals surface area contributed by atoms with E-state index in [0.29, 0.717) is 16.5 Å². The average molecular weight is 407 g/mol. The Morgan fingerprint density at radius 3 is 2.37 bits per heavy atom. The largest absolute Gasteiger partial charge is 0.476 e. The van der Waals surface area contributed by atoms with Crippen LogP contribution in [-0.4, -0.2) is 25.2 Å². The summed E-state index contributed by atoms with van der Waals surface area (Å²) in [5.41, 5.74) is 1.03. The van der Waals surface area contributed by atoms with Crippen LogP contribution in [0.25, 0.3) is 0 Å². The van der Waals surface area contributed by atoms with E-state index in [4.69, 9.17) is 23.2 Å². The molecule has 0 spiro atoms. The third kappa shape index (κ3) is 3.99. The fraction of sp³-hybridized carbons (Fsp3) is 0.167. The van der Waals surface area contributed by atoms with Crippen molar-refractivity contribution in [2.75, 3.05) is 5.32 Å². The van der Waals surface area contributed by atoms with Crippen LogP contribution >= 0.6 is 23.2 Å². The highest BCUT2D eigenvalue weighted by atomic mass is 35.5. The molecule has 7 nitrogen and oxygen atoms in total. The molecule has 1 aromatic carbocycles. The van der Waals surface area contributed by atoms with Gasteiger partial charge in [0, 0.05) is 31.5 Å². The summed E-state index contributed by atoms with van der Waals surface area (Å²) in [5, 5.41) is 13.2. The first kappa shape index (κ1) is 19.0. The Labute approximate surface area is 164 Å². The molecule has 0 saturated heterocycles. The maximum absolute atomic E-state index is 11.8. The highest BCUT2D eigenvalue weighted by Crippen LogP contribution is 2.27. The van der Waals surface area contributed by atoms with Gasteiger partial charge in [0.15, 0.2) is 5.69 Å². The molecular weight excluding hydrogens is 391 g/mol. The SMILES string of the molecule is Cn1cc(C(=O)O)nc1C(Nc1cc(Cl)c(=O)n(C)c1)c1ccc(Cl)cc1. The summed E-state index contributed by atoms with van der Waals surface area (Å²) in [4.78, 5) is 27.3. The first-order valence-corrected chi connectivity index (χ1v) is 8.66. The third-order valence-corrected chi connectivity index (χ3v) is 4.57. The van der Waals surface area contributed by atoms with E-state index >= 15 is 0 Å². The van der Waals surface area contributed by atoms with Gasteiger partial charge in [-0.15, -0.1) is 0 Å². The summed E-state index contributed by atoms with van der Waals surface area (Å²) in [6.07, 6.45) is 3.05. The summed E-state index contributed by atoms with van der Waals surface area (Å²) in [7, 11) is 3.31. The summed E-state index contributed by atoms with van der Waals surface area (Å²) in [5.74, 6) is -0.628. The standard InChI is InChI=1S/C18H16Cl2N4O3/c1-23-9-14(18(26)27)22-16(23)15(10-3-5-11(19)6-4-10)21-12-7-13(20)17(25)24(2)8-12/h3-9,15,21H,1-2H3,(H,26,27). The van der Waals surface area contributed by atoms with Crippen LogP contribution in [0.2, 0.25) is 10.0 Å². The van der Waals surface area contributed by atoms with Gasteiger partial charge in [-0.3, -0.25) is 4.79 Å². The minimum Gasteiger partial charge on any atom is -0.476 e. The monoisotopic (exact) mass is 406 g/mol. The van der Waals surface area contributed by atoms with Crippen LogP contribution < -0.4 is 10.9 Å². The topological polar surface area (TPSA) is 89.2 Å². The number of nitrogens with one attached hydrogen (secondary N) is 1. The number of benzene rings is 1. The number of aromatic nitrogens is 3. The number of nitrogens with zero attached hydrogens (tertiary/aromatic N) is 3. The molecule has 3 rings (SSSR count). The molecule has 3 aromatic rings. The highest BCUT2D eigenvalue weighted by Gasteiger charge is 2.22. The summed E-state index contributed by atoms with van der Waals surface area (Å²) < 4.78 is 3.00. The third-order valence-electron chi connectivity index (χ3n) is 4.04. The van der Waals surface area contributed by atoms with Crippen LogP contribution in [0.4, 0.5) is 5.69 Å². The number of carboxylic acid groups (broad SMARTS) is 1. The van der Waals surface area contributed by atoms with E-state index in [-0.39, 0.29) is 16.3 Å². The number of pyridine rings is 1. The van der Waals surface area contributed by atoms with Gasteiger partial charge in [-0.25, -0.2) is 9.78 Å². The van der Waals surface area contributed by atoms with Gasteiger partial charge >= 0.3 is 5.97 Å². The molecule has 1 atom stereocenters. The number of imidazole rings is 1. The molecule has 0 saturated carbocycles. The predicted octanol–water partition coefficient (Wildman–Crippen LogP) is 3.33. The molecule has 0 amide bonds. The number of hydrogen-bond donors (Lipinski definition) is 2. The number of carboxylic acids is 1. The molecule has 2 heterocycles. The zero-order chi connectivity index (χ0) is 19.7. The van der Waals surface area contributed by atoms with Gasteiger partial charge in [0.2, 0.25) is 0 Å². The number of carbonyl (C=O) groups is 1. The van der Waals surface area contributed by atoms with Crippen molar-refractivity contribution in [3.8, 4) is 0 Å². The Kier molecular flexibility index (Phi) is 5.25. The van der Waals surface area contributed by atoms with Crippen molar-refractivity contribution in [3.05, 3.63) is 80.2 Å². The van der Waals surface area contributed by atoms with Crippen LogP contribution in [0.1, 0.15) is 27.9 Å². The number of aryl methyl sites for hydroxylation is 2. The average Bonchev–Trinajstić information content (AvgIpc) is 3.00. The van der Waals surface area contributed by atoms with Crippen molar-refractivity contribution in [1.29, 1.82) is 0 Å². The van der Waals surface area contributed by atoms with Crippen LogP contribution in [0.3, 0.4) is 0 Å². The second-order valence-corrected chi connectivity index (χ2v) is 6.87. The molecule has 140 valence electrons. The van der Waals surface area contributed by atoms with E-state index in [1.807, 2.05) is 12.1 Å². The maximum Gasteiger partial charge on any atom is 0.356 e. The van der Waals surface area contributed by atoms with Crippen molar-refractivity contribution in [3.63, 3.8) is 0 Å². The van der Waals surface area contributed by atoms with E-state index in [2.05, 4.69) is 10.3 Å². The second-order valence-electron chi connectivity index (χ2n) is 6.02. The minimum atomic E-state index is -1.11. The molecular formula is C18H16Cl2N4O3. The number of aromatic carboxylic acids is 1. The number of anilines is 1. The number of rotatable bonds is 5. The molecule has 0 fully saturated rings. The fourth-order valence-electron chi connectivity index (χ4n) is 2.72. The van der Waals surface area contributed by atoms with Crippen molar-refractivity contribution in [2.24, 2.45) is 14.1 Å². The van der Waals surface area contributed by atoms with Crippen LogP contribution in [-0.2, 0) is 14.1 Å². The van der Waals surface area contributed by atoms with Gasteiger partial charge < -0.3 is 19.6 Å². The van der Waals surface area contributed by atoms with E-state index in [1.54, 1.807) is 37.0 Å². The molecule has 27 heavy (non-hydrogen) atoms. The maximum atomic E-state index is 11.8. The number of halogens is 2. The zero-order valence-corrected chi connectivity index (χ0v) is 16.0. The van der Waals surface area contributed by atoms with E-state index in [0.717, 1.165) is 5.56 Å². The van der Waals surface area contributed by atoms with Gasteiger partial charge in [-0.05, 0) is 23.8 Å². The van der Waals surface area contributed by atoms with Crippen molar-refractivity contribution >= 4 is 34.9 Å². The molecule has 2 N–H and O–H groups in total.